The van der Waals surface area contributed by atoms with Gasteiger partial charge in [-0.05, 0) is 18.2 Å². The summed E-state index contributed by atoms with van der Waals surface area (Å²) in [6.07, 6.45) is 1.29. The van der Waals surface area contributed by atoms with Crippen LogP contribution in [0.3, 0.4) is 0 Å². The molecule has 1 atom stereocenters. The van der Waals surface area contributed by atoms with E-state index in [1.165, 1.54) is 10.9 Å². The molecule has 0 unspecified atom stereocenters. The van der Waals surface area contributed by atoms with Crippen molar-refractivity contribution in [2.75, 3.05) is 27.3 Å². The summed E-state index contributed by atoms with van der Waals surface area (Å²) in [5.74, 6) is 0.563. The van der Waals surface area contributed by atoms with E-state index in [0.29, 0.717) is 29.7 Å². The molecule has 0 saturated carbocycles. The molecule has 2 heterocycles. The molecule has 1 aromatic carbocycles. The van der Waals surface area contributed by atoms with Gasteiger partial charge in [-0.25, -0.2) is 4.98 Å². The lowest BCUT2D eigenvalue weighted by molar-refractivity contribution is -0.147. The smallest absolute Gasteiger partial charge is 0.261 e. The highest BCUT2D eigenvalue weighted by molar-refractivity contribution is 5.79. The van der Waals surface area contributed by atoms with Gasteiger partial charge in [-0.15, -0.1) is 0 Å². The Kier molecular flexibility index (Phi) is 3.81. The molecule has 1 amide bonds. The normalized spacial score (nSPS) is 18.7. The summed E-state index contributed by atoms with van der Waals surface area (Å²) >= 11 is 0. The van der Waals surface area contributed by atoms with Gasteiger partial charge < -0.3 is 14.4 Å². The van der Waals surface area contributed by atoms with Crippen molar-refractivity contribution in [1.82, 2.24) is 14.5 Å². The van der Waals surface area contributed by atoms with E-state index >= 15 is 0 Å². The van der Waals surface area contributed by atoms with Crippen LogP contribution in [0, 0.1) is 0 Å². The second-order valence-electron chi connectivity index (χ2n) is 5.29. The van der Waals surface area contributed by atoms with Crippen molar-refractivity contribution < 1.29 is 14.3 Å². The van der Waals surface area contributed by atoms with Crippen LogP contribution in [0.4, 0.5) is 0 Å². The fraction of sp³-hybridized carbons (Fsp3) is 0.400. The zero-order valence-electron chi connectivity index (χ0n) is 12.5. The van der Waals surface area contributed by atoms with Gasteiger partial charge in [0.25, 0.3) is 5.56 Å². The predicted octanol–water partition coefficient (Wildman–Crippen LogP) is 0.262. The van der Waals surface area contributed by atoms with Crippen molar-refractivity contribution in [3.63, 3.8) is 0 Å². The highest BCUT2D eigenvalue weighted by Crippen LogP contribution is 2.16. The molecule has 0 spiro atoms. The van der Waals surface area contributed by atoms with Crippen LogP contribution in [-0.4, -0.2) is 53.8 Å². The Balaban J connectivity index is 1.89. The third-order valence-corrected chi connectivity index (χ3v) is 3.78. The average molecular weight is 303 g/mol. The Bertz CT molecular complexity index is 771. The monoisotopic (exact) mass is 303 g/mol. The van der Waals surface area contributed by atoms with E-state index in [9.17, 15) is 9.59 Å². The standard InChI is InChI=1S/C15H17N3O4/c1-17-6-11(22-8-14(17)19)7-18-9-16-13-4-3-10(21-2)5-12(13)15(18)20/h3-5,9,11H,6-8H2,1-2H3/t11-/m1/s1. The van der Waals surface area contributed by atoms with Crippen molar-refractivity contribution in [3.05, 3.63) is 34.9 Å². The molecule has 1 aliphatic rings. The van der Waals surface area contributed by atoms with Crippen LogP contribution >= 0.6 is 0 Å². The molecule has 3 rings (SSSR count). The fourth-order valence-corrected chi connectivity index (χ4v) is 2.48. The van der Waals surface area contributed by atoms with Crippen molar-refractivity contribution in [2.24, 2.45) is 0 Å². The zero-order valence-corrected chi connectivity index (χ0v) is 12.5. The summed E-state index contributed by atoms with van der Waals surface area (Å²) in [7, 11) is 3.28. The number of benzene rings is 1. The van der Waals surface area contributed by atoms with Gasteiger partial charge in [-0.1, -0.05) is 0 Å². The van der Waals surface area contributed by atoms with Gasteiger partial charge in [0.05, 0.1) is 37.0 Å². The molecule has 0 radical (unpaired) electrons. The number of aromatic nitrogens is 2. The van der Waals surface area contributed by atoms with E-state index in [1.807, 2.05) is 0 Å². The Morgan fingerprint density at radius 3 is 2.95 bits per heavy atom. The first kappa shape index (κ1) is 14.5. The minimum Gasteiger partial charge on any atom is -0.497 e. The van der Waals surface area contributed by atoms with Gasteiger partial charge in [0.1, 0.15) is 12.4 Å². The molecule has 0 N–H and O–H groups in total. The number of amides is 1. The number of ether oxygens (including phenoxy) is 2. The number of rotatable bonds is 3. The number of carbonyl (C=O) groups is 1. The van der Waals surface area contributed by atoms with Gasteiger partial charge in [-0.3, -0.25) is 14.2 Å². The van der Waals surface area contributed by atoms with Gasteiger partial charge in [0.2, 0.25) is 5.91 Å². The van der Waals surface area contributed by atoms with E-state index < -0.39 is 0 Å². The Morgan fingerprint density at radius 2 is 2.23 bits per heavy atom. The fourth-order valence-electron chi connectivity index (χ4n) is 2.48. The van der Waals surface area contributed by atoms with E-state index in [1.54, 1.807) is 37.3 Å². The van der Waals surface area contributed by atoms with E-state index in [0.717, 1.165) is 0 Å². The maximum absolute atomic E-state index is 12.5. The second-order valence-corrected chi connectivity index (χ2v) is 5.29. The van der Waals surface area contributed by atoms with Crippen LogP contribution in [0.25, 0.3) is 10.9 Å². The summed E-state index contributed by atoms with van der Waals surface area (Å²) in [5.41, 5.74) is 0.478. The Morgan fingerprint density at radius 1 is 1.41 bits per heavy atom. The van der Waals surface area contributed by atoms with E-state index in [4.69, 9.17) is 9.47 Å². The van der Waals surface area contributed by atoms with Crippen LogP contribution in [0.1, 0.15) is 0 Å². The first-order chi connectivity index (χ1) is 10.6. The number of nitrogens with zero attached hydrogens (tertiary/aromatic N) is 3. The SMILES string of the molecule is COc1ccc2ncn(C[C@H]3CN(C)C(=O)CO3)c(=O)c2c1. The quantitative estimate of drug-likeness (QED) is 0.813. The number of fused-ring (bicyclic) bond motifs is 1. The van der Waals surface area contributed by atoms with Crippen LogP contribution in [-0.2, 0) is 16.1 Å². The molecule has 7 nitrogen and oxygen atoms in total. The average Bonchev–Trinajstić information content (AvgIpc) is 2.53. The third-order valence-electron chi connectivity index (χ3n) is 3.78. The molecular weight excluding hydrogens is 286 g/mol. The number of carbonyl (C=O) groups excluding carboxylic acids is 1. The Labute approximate surface area is 127 Å². The first-order valence-electron chi connectivity index (χ1n) is 6.97. The van der Waals surface area contributed by atoms with Crippen molar-refractivity contribution in [2.45, 2.75) is 12.6 Å². The second kappa shape index (κ2) is 5.76. The van der Waals surface area contributed by atoms with Gasteiger partial charge in [0, 0.05) is 13.6 Å². The molecule has 1 aromatic heterocycles. The number of morpholine rings is 1. The lowest BCUT2D eigenvalue weighted by Gasteiger charge is -2.30. The minimum atomic E-state index is -0.217. The summed E-state index contributed by atoms with van der Waals surface area (Å²) in [6.45, 7) is 0.864. The van der Waals surface area contributed by atoms with E-state index in [-0.39, 0.29) is 24.2 Å². The van der Waals surface area contributed by atoms with Crippen molar-refractivity contribution in [3.8, 4) is 5.75 Å². The molecule has 1 saturated heterocycles. The maximum Gasteiger partial charge on any atom is 0.261 e. The molecule has 0 bridgehead atoms. The molecule has 1 fully saturated rings. The Hall–Kier alpha value is -2.41. The molecule has 2 aromatic rings. The van der Waals surface area contributed by atoms with Crippen LogP contribution in [0.2, 0.25) is 0 Å². The number of methoxy groups -OCH3 is 1. The van der Waals surface area contributed by atoms with Crippen molar-refractivity contribution >= 4 is 16.8 Å². The van der Waals surface area contributed by atoms with Gasteiger partial charge >= 0.3 is 0 Å². The largest absolute Gasteiger partial charge is 0.497 e. The van der Waals surface area contributed by atoms with Gasteiger partial charge in [0.15, 0.2) is 0 Å². The number of hydrogen-bond donors (Lipinski definition) is 0. The first-order valence-corrected chi connectivity index (χ1v) is 6.97. The number of likely N-dealkylation sites (N-methyl/N-ethyl adjacent to an activating group) is 1. The third kappa shape index (κ3) is 2.67. The topological polar surface area (TPSA) is 73.7 Å². The molecule has 1 aliphatic heterocycles. The van der Waals surface area contributed by atoms with Crippen LogP contribution in [0.15, 0.2) is 29.3 Å². The van der Waals surface area contributed by atoms with Crippen LogP contribution in [0.5, 0.6) is 5.75 Å². The number of hydrogen-bond acceptors (Lipinski definition) is 5. The molecule has 116 valence electrons. The molecule has 0 aliphatic carbocycles. The molecular formula is C15H17N3O4. The summed E-state index contributed by atoms with van der Waals surface area (Å²) in [6, 6.07) is 5.20. The molecule has 7 heteroatoms. The zero-order chi connectivity index (χ0) is 15.7. The molecule has 22 heavy (non-hydrogen) atoms. The summed E-state index contributed by atoms with van der Waals surface area (Å²) in [5, 5.41) is 0.502. The lowest BCUT2D eigenvalue weighted by Crippen LogP contribution is -2.46. The highest BCUT2D eigenvalue weighted by atomic mass is 16.5. The van der Waals surface area contributed by atoms with Crippen molar-refractivity contribution in [1.29, 1.82) is 0 Å². The van der Waals surface area contributed by atoms with Crippen LogP contribution < -0.4 is 10.3 Å². The highest BCUT2D eigenvalue weighted by Gasteiger charge is 2.24. The summed E-state index contributed by atoms with van der Waals surface area (Å²) in [4.78, 5) is 29.9. The summed E-state index contributed by atoms with van der Waals surface area (Å²) < 4.78 is 12.1. The maximum atomic E-state index is 12.5. The van der Waals surface area contributed by atoms with E-state index in [2.05, 4.69) is 4.98 Å². The van der Waals surface area contributed by atoms with Gasteiger partial charge in [-0.2, -0.15) is 0 Å². The lowest BCUT2D eigenvalue weighted by atomic mass is 10.2. The minimum absolute atomic E-state index is 0.0464. The predicted molar refractivity (Wildman–Crippen MR) is 79.9 cm³/mol.